The van der Waals surface area contributed by atoms with Crippen molar-refractivity contribution in [3.8, 4) is 5.75 Å². The van der Waals surface area contributed by atoms with Gasteiger partial charge < -0.3 is 10.1 Å². The first-order chi connectivity index (χ1) is 10.9. The van der Waals surface area contributed by atoms with Gasteiger partial charge in [-0.2, -0.15) is 4.31 Å². The summed E-state index contributed by atoms with van der Waals surface area (Å²) < 4.78 is 29.7. The third-order valence-corrected chi connectivity index (χ3v) is 4.95. The number of carbonyl (C=O) groups excluding carboxylic acids is 1. The molecule has 0 spiro atoms. The second kappa shape index (κ2) is 7.61. The Morgan fingerprint density at radius 1 is 1.39 bits per heavy atom. The fraction of sp³-hybridized carbons (Fsp3) is 0.438. The maximum atomic E-state index is 12.1. The molecule has 1 N–H and O–H groups in total. The van der Waals surface area contributed by atoms with Crippen LogP contribution >= 0.6 is 0 Å². The molecule has 1 atom stereocenters. The molecule has 1 heterocycles. The first-order valence-electron chi connectivity index (χ1n) is 7.46. The Hall–Kier alpha value is -1.86. The summed E-state index contributed by atoms with van der Waals surface area (Å²) in [4.78, 5) is 12.1. The fourth-order valence-electron chi connectivity index (χ4n) is 2.57. The van der Waals surface area contributed by atoms with E-state index in [1.165, 1.54) is 4.31 Å². The molecule has 0 aliphatic carbocycles. The molecule has 23 heavy (non-hydrogen) atoms. The van der Waals surface area contributed by atoms with E-state index in [0.29, 0.717) is 6.54 Å². The molecule has 126 valence electrons. The lowest BCUT2D eigenvalue weighted by atomic mass is 10.1. The quantitative estimate of drug-likeness (QED) is 0.593. The Kier molecular flexibility index (Phi) is 5.79. The largest absolute Gasteiger partial charge is 0.496 e. The highest BCUT2D eigenvalue weighted by molar-refractivity contribution is 7.88. The minimum Gasteiger partial charge on any atom is -0.496 e. The summed E-state index contributed by atoms with van der Waals surface area (Å²) in [6.07, 6.45) is 5.96. The van der Waals surface area contributed by atoms with Crippen molar-refractivity contribution in [1.29, 1.82) is 0 Å². The fourth-order valence-corrected chi connectivity index (χ4v) is 3.50. The van der Waals surface area contributed by atoms with Crippen LogP contribution in [-0.4, -0.2) is 51.1 Å². The molecular weight excluding hydrogens is 316 g/mol. The van der Waals surface area contributed by atoms with E-state index in [1.807, 2.05) is 24.3 Å². The summed E-state index contributed by atoms with van der Waals surface area (Å²) in [5, 5.41) is 2.80. The van der Waals surface area contributed by atoms with Gasteiger partial charge in [0.25, 0.3) is 0 Å². The third kappa shape index (κ3) is 4.56. The smallest absolute Gasteiger partial charge is 0.242 e. The molecule has 0 fully saturated rings. The van der Waals surface area contributed by atoms with Crippen molar-refractivity contribution in [3.63, 3.8) is 0 Å². The first-order valence-corrected chi connectivity index (χ1v) is 9.31. The second-order valence-corrected chi connectivity index (χ2v) is 7.35. The standard InChI is InChI=1S/C16H22N2O4S/c1-22-15-10-4-3-7-13(15)8-5-11-17-16(19)14-9-6-12-18(14)23(2,20)21/h3-4,6-7,9-10,14H,5,8,11-12H2,1-2H3,(H,17,19)/t14-/m1/s1. The van der Waals surface area contributed by atoms with Gasteiger partial charge in [0.1, 0.15) is 11.8 Å². The van der Waals surface area contributed by atoms with Crippen molar-refractivity contribution < 1.29 is 17.9 Å². The van der Waals surface area contributed by atoms with Crippen LogP contribution in [0.25, 0.3) is 0 Å². The van der Waals surface area contributed by atoms with Gasteiger partial charge in [0, 0.05) is 13.1 Å². The Bertz CT molecular complexity index is 685. The average Bonchev–Trinajstić information content (AvgIpc) is 3.01. The van der Waals surface area contributed by atoms with Crippen molar-refractivity contribution >= 4 is 15.9 Å². The SMILES string of the molecule is COc1ccccc1CCCNC(=O)[C@H]1C=CCN1S(C)(=O)=O. The van der Waals surface area contributed by atoms with E-state index in [2.05, 4.69) is 5.32 Å². The first kappa shape index (κ1) is 17.5. The van der Waals surface area contributed by atoms with Crippen LogP contribution in [0.2, 0.25) is 0 Å². The molecule has 0 saturated heterocycles. The highest BCUT2D eigenvalue weighted by Crippen LogP contribution is 2.18. The lowest BCUT2D eigenvalue weighted by Gasteiger charge is -2.21. The zero-order chi connectivity index (χ0) is 16.9. The Labute approximate surface area is 137 Å². The van der Waals surface area contributed by atoms with Gasteiger partial charge in [-0.25, -0.2) is 8.42 Å². The predicted octanol–water partition coefficient (Wildman–Crippen LogP) is 0.944. The van der Waals surface area contributed by atoms with Crippen molar-refractivity contribution in [3.05, 3.63) is 42.0 Å². The van der Waals surface area contributed by atoms with Gasteiger partial charge in [-0.3, -0.25) is 4.79 Å². The van der Waals surface area contributed by atoms with Crippen LogP contribution in [0.3, 0.4) is 0 Å². The summed E-state index contributed by atoms with van der Waals surface area (Å²) in [6, 6.07) is 7.02. The molecule has 6 nitrogen and oxygen atoms in total. The molecule has 0 saturated carbocycles. The normalized spacial score (nSPS) is 18.1. The van der Waals surface area contributed by atoms with E-state index in [9.17, 15) is 13.2 Å². The van der Waals surface area contributed by atoms with Crippen LogP contribution in [0.1, 0.15) is 12.0 Å². The van der Waals surface area contributed by atoms with E-state index in [0.717, 1.165) is 30.4 Å². The molecule has 1 aromatic carbocycles. The molecular formula is C16H22N2O4S. The minimum atomic E-state index is -3.39. The number of para-hydroxylation sites is 1. The molecule has 1 aliphatic heterocycles. The number of rotatable bonds is 7. The minimum absolute atomic E-state index is 0.248. The molecule has 7 heteroatoms. The second-order valence-electron chi connectivity index (χ2n) is 5.41. The summed E-state index contributed by atoms with van der Waals surface area (Å²) in [6.45, 7) is 0.733. The molecule has 0 bridgehead atoms. The van der Waals surface area contributed by atoms with Crippen LogP contribution in [0.4, 0.5) is 0 Å². The van der Waals surface area contributed by atoms with Gasteiger partial charge in [0.05, 0.1) is 13.4 Å². The number of methoxy groups -OCH3 is 1. The Morgan fingerprint density at radius 2 is 2.13 bits per heavy atom. The highest BCUT2D eigenvalue weighted by Gasteiger charge is 2.32. The van der Waals surface area contributed by atoms with E-state index >= 15 is 0 Å². The van der Waals surface area contributed by atoms with E-state index in [1.54, 1.807) is 19.3 Å². The van der Waals surface area contributed by atoms with E-state index in [-0.39, 0.29) is 12.5 Å². The number of nitrogens with zero attached hydrogens (tertiary/aromatic N) is 1. The summed E-state index contributed by atoms with van der Waals surface area (Å²) in [5.74, 6) is 0.546. The van der Waals surface area contributed by atoms with Crippen molar-refractivity contribution in [2.75, 3.05) is 26.5 Å². The maximum Gasteiger partial charge on any atom is 0.242 e. The topological polar surface area (TPSA) is 75.7 Å². The van der Waals surface area contributed by atoms with Crippen molar-refractivity contribution in [1.82, 2.24) is 9.62 Å². The summed E-state index contributed by atoms with van der Waals surface area (Å²) in [7, 11) is -1.75. The molecule has 0 aromatic heterocycles. The molecule has 1 aromatic rings. The number of hydrogen-bond donors (Lipinski definition) is 1. The lowest BCUT2D eigenvalue weighted by molar-refractivity contribution is -0.123. The van der Waals surface area contributed by atoms with Gasteiger partial charge in [0.15, 0.2) is 0 Å². The molecule has 1 aliphatic rings. The van der Waals surface area contributed by atoms with Crippen LogP contribution in [0.15, 0.2) is 36.4 Å². The Morgan fingerprint density at radius 3 is 2.83 bits per heavy atom. The number of aryl methyl sites for hydroxylation is 1. The number of ether oxygens (including phenoxy) is 1. The van der Waals surface area contributed by atoms with E-state index in [4.69, 9.17) is 4.74 Å². The zero-order valence-corrected chi connectivity index (χ0v) is 14.2. The van der Waals surface area contributed by atoms with Gasteiger partial charge >= 0.3 is 0 Å². The van der Waals surface area contributed by atoms with E-state index < -0.39 is 16.1 Å². The third-order valence-electron chi connectivity index (χ3n) is 3.72. The van der Waals surface area contributed by atoms with Gasteiger partial charge in [0.2, 0.25) is 15.9 Å². The van der Waals surface area contributed by atoms with Gasteiger partial charge in [-0.1, -0.05) is 30.4 Å². The van der Waals surface area contributed by atoms with Crippen LogP contribution in [-0.2, 0) is 21.2 Å². The molecule has 0 unspecified atom stereocenters. The van der Waals surface area contributed by atoms with Crippen molar-refractivity contribution in [2.45, 2.75) is 18.9 Å². The molecule has 1 amide bonds. The van der Waals surface area contributed by atoms with Gasteiger partial charge in [-0.15, -0.1) is 0 Å². The number of nitrogens with one attached hydrogen (secondary N) is 1. The number of amides is 1. The monoisotopic (exact) mass is 338 g/mol. The van der Waals surface area contributed by atoms with Crippen LogP contribution in [0.5, 0.6) is 5.75 Å². The summed E-state index contributed by atoms with van der Waals surface area (Å²) in [5.41, 5.74) is 1.09. The highest BCUT2D eigenvalue weighted by atomic mass is 32.2. The van der Waals surface area contributed by atoms with Crippen molar-refractivity contribution in [2.24, 2.45) is 0 Å². The zero-order valence-electron chi connectivity index (χ0n) is 13.4. The average molecular weight is 338 g/mol. The summed E-state index contributed by atoms with van der Waals surface area (Å²) >= 11 is 0. The number of carbonyl (C=O) groups is 1. The number of benzene rings is 1. The number of sulfonamides is 1. The maximum absolute atomic E-state index is 12.1. The Balaban J connectivity index is 1.82. The lowest BCUT2D eigenvalue weighted by Crippen LogP contribution is -2.46. The number of hydrogen-bond acceptors (Lipinski definition) is 4. The van der Waals surface area contributed by atoms with Crippen LogP contribution in [0, 0.1) is 0 Å². The molecule has 0 radical (unpaired) electrons. The predicted molar refractivity (Wildman–Crippen MR) is 88.8 cm³/mol. The van der Waals surface area contributed by atoms with Crippen LogP contribution < -0.4 is 10.1 Å². The van der Waals surface area contributed by atoms with Gasteiger partial charge in [-0.05, 0) is 24.5 Å². The molecule has 2 rings (SSSR count).